The predicted octanol–water partition coefficient (Wildman–Crippen LogP) is 2.46. The van der Waals surface area contributed by atoms with Crippen LogP contribution in [0.15, 0.2) is 54.6 Å². The molecule has 0 radical (unpaired) electrons. The summed E-state index contributed by atoms with van der Waals surface area (Å²) in [5, 5.41) is 16.0. The molecule has 0 saturated carbocycles. The van der Waals surface area contributed by atoms with Crippen LogP contribution in [0.4, 0.5) is 5.69 Å². The first-order chi connectivity index (χ1) is 18.3. The van der Waals surface area contributed by atoms with E-state index in [1.807, 2.05) is 12.1 Å². The zero-order chi connectivity index (χ0) is 26.8. The van der Waals surface area contributed by atoms with Crippen LogP contribution in [-0.2, 0) is 4.79 Å². The molecule has 1 saturated heterocycles. The quantitative estimate of drug-likeness (QED) is 0.439. The number of rotatable bonds is 6. The predicted molar refractivity (Wildman–Crippen MR) is 145 cm³/mol. The Kier molecular flexibility index (Phi) is 9.97. The van der Waals surface area contributed by atoms with Gasteiger partial charge in [-0.2, -0.15) is 0 Å². The molecule has 3 aromatic rings. The van der Waals surface area contributed by atoms with Gasteiger partial charge in [0.15, 0.2) is 0 Å². The van der Waals surface area contributed by atoms with Crippen molar-refractivity contribution in [3.63, 3.8) is 0 Å². The Balaban J connectivity index is 0.00000353. The summed E-state index contributed by atoms with van der Waals surface area (Å²) in [5.74, 6) is -0.883. The number of anilines is 1. The van der Waals surface area contributed by atoms with Crippen LogP contribution in [0.2, 0.25) is 15.1 Å². The van der Waals surface area contributed by atoms with Gasteiger partial charge in [0.1, 0.15) is 17.2 Å². The van der Waals surface area contributed by atoms with Gasteiger partial charge in [0.25, 0.3) is 5.91 Å². The van der Waals surface area contributed by atoms with E-state index < -0.39 is 11.9 Å². The first-order valence-electron chi connectivity index (χ1n) is 12.2. The molecule has 1 fully saturated rings. The van der Waals surface area contributed by atoms with E-state index >= 15 is 0 Å². The minimum absolute atomic E-state index is 0. The van der Waals surface area contributed by atoms with Crippen LogP contribution in [-0.4, -0.2) is 37.6 Å². The molecule has 39 heavy (non-hydrogen) atoms. The molecule has 2 heterocycles. The average molecular weight is 598 g/mol. The van der Waals surface area contributed by atoms with Crippen LogP contribution in [0.3, 0.4) is 0 Å². The van der Waals surface area contributed by atoms with Gasteiger partial charge in [0.2, 0.25) is 0 Å². The van der Waals surface area contributed by atoms with E-state index in [9.17, 15) is 14.7 Å². The van der Waals surface area contributed by atoms with E-state index in [2.05, 4.69) is 10.2 Å². The molecule has 198 valence electrons. The Morgan fingerprint density at radius 2 is 1.67 bits per heavy atom. The van der Waals surface area contributed by atoms with Crippen molar-refractivity contribution in [3.05, 3.63) is 80.8 Å². The van der Waals surface area contributed by atoms with Gasteiger partial charge < -0.3 is 29.6 Å². The number of hydrogen-bond acceptors (Lipinski definition) is 6. The molecule has 5 rings (SSSR count). The fraction of sp³-hybridized carbons (Fsp3) is 0.286. The van der Waals surface area contributed by atoms with E-state index in [1.165, 1.54) is 0 Å². The summed E-state index contributed by atoms with van der Waals surface area (Å²) in [7, 11) is 0. The maximum absolute atomic E-state index is 12.8. The van der Waals surface area contributed by atoms with Crippen LogP contribution in [0.1, 0.15) is 41.1 Å². The normalized spacial score (nSPS) is 16.9. The van der Waals surface area contributed by atoms with Crippen LogP contribution in [0.5, 0.6) is 17.2 Å². The Morgan fingerprint density at radius 1 is 0.949 bits per heavy atom. The summed E-state index contributed by atoms with van der Waals surface area (Å²) in [6.07, 6.45) is 1.92. The summed E-state index contributed by atoms with van der Waals surface area (Å²) in [4.78, 5) is 26.5. The monoisotopic (exact) mass is 596 g/mol. The molecule has 0 aliphatic carbocycles. The summed E-state index contributed by atoms with van der Waals surface area (Å²) in [6, 6.07) is 15.4. The third-order valence-electron chi connectivity index (χ3n) is 6.81. The number of benzene rings is 3. The fourth-order valence-electron chi connectivity index (χ4n) is 4.79. The maximum atomic E-state index is 12.8. The van der Waals surface area contributed by atoms with E-state index in [-0.39, 0.29) is 53.1 Å². The zero-order valence-corrected chi connectivity index (χ0v) is 25.5. The smallest absolute Gasteiger partial charge is 0.549 e. The second-order valence-electron chi connectivity index (χ2n) is 9.29. The van der Waals surface area contributed by atoms with Gasteiger partial charge >= 0.3 is 29.6 Å². The van der Waals surface area contributed by atoms with E-state index in [4.69, 9.17) is 44.3 Å². The van der Waals surface area contributed by atoms with Crippen molar-refractivity contribution in [1.29, 1.82) is 0 Å². The minimum Gasteiger partial charge on any atom is -0.549 e. The van der Waals surface area contributed by atoms with Crippen LogP contribution in [0, 0.1) is 0 Å². The SMILES string of the molecule is O=C(NC1CCN(c2ccc(Cl)cc2Cl)CC1)c1ccc(Oc2cc3c(cc2Cl)C(C(=O)[O-])CCO3)cc1.[Na+]. The first-order valence-corrected chi connectivity index (χ1v) is 13.4. The number of carboxylic acid groups (broad SMARTS) is 1. The van der Waals surface area contributed by atoms with Gasteiger partial charge in [-0.15, -0.1) is 0 Å². The van der Waals surface area contributed by atoms with Crippen molar-refractivity contribution in [2.45, 2.75) is 31.2 Å². The first kappa shape index (κ1) is 29.8. The molecule has 1 N–H and O–H groups in total. The molecule has 1 atom stereocenters. The Bertz CT molecular complexity index is 1360. The molecule has 0 bridgehead atoms. The average Bonchev–Trinajstić information content (AvgIpc) is 2.90. The number of halogens is 3. The number of aliphatic carboxylic acids is 1. The van der Waals surface area contributed by atoms with E-state index in [1.54, 1.807) is 42.5 Å². The molecule has 2 aliphatic heterocycles. The molecule has 3 aromatic carbocycles. The molecule has 7 nitrogen and oxygen atoms in total. The maximum Gasteiger partial charge on any atom is 1.00 e. The van der Waals surface area contributed by atoms with Crippen molar-refractivity contribution in [2.75, 3.05) is 24.6 Å². The topological polar surface area (TPSA) is 90.9 Å². The molecule has 2 aliphatic rings. The minimum atomic E-state index is -1.16. The number of carbonyl (C=O) groups excluding carboxylic acids is 2. The third-order valence-corrected chi connectivity index (χ3v) is 7.65. The molecule has 1 unspecified atom stereocenters. The Hall–Kier alpha value is -2.13. The second-order valence-corrected chi connectivity index (χ2v) is 10.5. The molecular weight excluding hydrogens is 574 g/mol. The Labute approximate surface area is 263 Å². The summed E-state index contributed by atoms with van der Waals surface area (Å²) in [5.41, 5.74) is 1.93. The van der Waals surface area contributed by atoms with Crippen molar-refractivity contribution in [3.8, 4) is 17.2 Å². The van der Waals surface area contributed by atoms with Crippen molar-refractivity contribution < 1.29 is 53.7 Å². The van der Waals surface area contributed by atoms with Crippen molar-refractivity contribution >= 4 is 52.4 Å². The number of amides is 1. The van der Waals surface area contributed by atoms with Gasteiger partial charge in [-0.1, -0.05) is 34.8 Å². The van der Waals surface area contributed by atoms with Crippen molar-refractivity contribution in [2.24, 2.45) is 0 Å². The summed E-state index contributed by atoms with van der Waals surface area (Å²) >= 11 is 18.7. The molecule has 0 spiro atoms. The van der Waals surface area contributed by atoms with Gasteiger partial charge in [0.05, 0.1) is 22.3 Å². The largest absolute Gasteiger partial charge is 1.00 e. The van der Waals surface area contributed by atoms with Gasteiger partial charge in [0, 0.05) is 53.2 Å². The number of nitrogens with zero attached hydrogens (tertiary/aromatic N) is 1. The standard InChI is InChI=1S/C28H25Cl3N2O5.Na/c29-17-3-6-24(22(30)13-17)33-10-7-18(8-11-33)32-27(34)16-1-4-19(5-2-16)38-26-15-25-21(14-23(26)31)20(28(35)36)9-12-37-25;/h1-6,13-15,18,20H,7-12H2,(H,32,34)(H,35,36);/q;+1/p-1. The van der Waals surface area contributed by atoms with Crippen LogP contribution >= 0.6 is 34.8 Å². The fourth-order valence-corrected chi connectivity index (χ4v) is 5.52. The molecule has 0 aromatic heterocycles. The molecule has 1 amide bonds. The van der Waals surface area contributed by atoms with E-state index in [0.29, 0.717) is 44.8 Å². The zero-order valence-electron chi connectivity index (χ0n) is 21.2. The summed E-state index contributed by atoms with van der Waals surface area (Å²) < 4.78 is 11.5. The summed E-state index contributed by atoms with van der Waals surface area (Å²) in [6.45, 7) is 1.81. The molecule has 11 heteroatoms. The van der Waals surface area contributed by atoms with Crippen LogP contribution < -0.4 is 54.4 Å². The number of fused-ring (bicyclic) bond motifs is 1. The number of ether oxygens (including phenoxy) is 2. The number of nitrogens with one attached hydrogen (secondary N) is 1. The number of carboxylic acids is 1. The van der Waals surface area contributed by atoms with Gasteiger partial charge in [-0.25, -0.2) is 0 Å². The number of piperidine rings is 1. The second kappa shape index (κ2) is 13.0. The van der Waals surface area contributed by atoms with Crippen LogP contribution in [0.25, 0.3) is 0 Å². The third kappa shape index (κ3) is 6.96. The van der Waals surface area contributed by atoms with Crippen molar-refractivity contribution in [1.82, 2.24) is 5.32 Å². The van der Waals surface area contributed by atoms with Gasteiger partial charge in [-0.3, -0.25) is 4.79 Å². The van der Waals surface area contributed by atoms with E-state index in [0.717, 1.165) is 31.6 Å². The number of hydrogen-bond donors (Lipinski definition) is 1. The van der Waals surface area contributed by atoms with Gasteiger partial charge in [-0.05, 0) is 67.8 Å². The number of carbonyl (C=O) groups is 2. The molecular formula is C28H24Cl3N2NaO5. The Morgan fingerprint density at radius 3 is 2.33 bits per heavy atom.